The van der Waals surface area contributed by atoms with Gasteiger partial charge in [0.2, 0.25) is 11.6 Å². The number of hydrogen-bond acceptors (Lipinski definition) is 5. The third-order valence-electron chi connectivity index (χ3n) is 5.74. The minimum absolute atomic E-state index is 0.177. The van der Waals surface area contributed by atoms with Crippen LogP contribution < -0.4 is 0 Å². The van der Waals surface area contributed by atoms with Gasteiger partial charge in [0.05, 0.1) is 17.3 Å². The first kappa shape index (κ1) is 23.0. The van der Waals surface area contributed by atoms with Gasteiger partial charge in [-0.05, 0) is 31.0 Å². The molecule has 2 aromatic carbocycles. The normalized spacial score (nSPS) is 11.8. The molecule has 0 aliphatic heterocycles. The average molecular weight is 455 g/mol. The van der Waals surface area contributed by atoms with Gasteiger partial charge in [-0.15, -0.1) is 5.10 Å². The fourth-order valence-electron chi connectivity index (χ4n) is 3.84. The predicted molar refractivity (Wildman–Crippen MR) is 129 cm³/mol. The number of unbranched alkanes of at least 4 members (excludes halogenated alkanes) is 1. The zero-order chi connectivity index (χ0) is 24.1. The third-order valence-corrected chi connectivity index (χ3v) is 5.74. The molecular weight excluding hydrogens is 428 g/mol. The van der Waals surface area contributed by atoms with Crippen LogP contribution in [0.3, 0.4) is 0 Å². The highest BCUT2D eigenvalue weighted by Gasteiger charge is 2.22. The Balaban J connectivity index is 1.65. The summed E-state index contributed by atoms with van der Waals surface area (Å²) in [5.74, 6) is -0.267. The van der Waals surface area contributed by atoms with Gasteiger partial charge in [0, 0.05) is 23.7 Å². The van der Waals surface area contributed by atoms with Crippen LogP contribution >= 0.6 is 0 Å². The molecule has 0 fully saturated rings. The van der Waals surface area contributed by atoms with Crippen molar-refractivity contribution in [3.05, 3.63) is 101 Å². The molecule has 2 aromatic heterocycles. The molecule has 1 N–H and O–H groups in total. The van der Waals surface area contributed by atoms with E-state index in [1.807, 2.05) is 37.3 Å². The molecule has 1 atom stereocenters. The summed E-state index contributed by atoms with van der Waals surface area (Å²) >= 11 is 0. The van der Waals surface area contributed by atoms with Crippen LogP contribution in [0.5, 0.6) is 0 Å². The van der Waals surface area contributed by atoms with E-state index in [9.17, 15) is 14.7 Å². The van der Waals surface area contributed by atoms with Crippen molar-refractivity contribution in [2.45, 2.75) is 39.2 Å². The summed E-state index contributed by atoms with van der Waals surface area (Å²) in [6, 6.07) is 19.3. The van der Waals surface area contributed by atoms with Gasteiger partial charge in [-0.25, -0.2) is 14.5 Å². The lowest BCUT2D eigenvalue weighted by Gasteiger charge is -2.15. The number of aromatic carboxylic acids is 1. The number of carbonyl (C=O) groups excluding carboxylic acids is 1. The van der Waals surface area contributed by atoms with E-state index in [-0.39, 0.29) is 23.2 Å². The quantitative estimate of drug-likeness (QED) is 0.348. The Bertz CT molecular complexity index is 1300. The molecule has 1 unspecified atom stereocenters. The van der Waals surface area contributed by atoms with Crippen LogP contribution in [-0.2, 0) is 6.42 Å². The van der Waals surface area contributed by atoms with Crippen molar-refractivity contribution < 1.29 is 14.7 Å². The maximum Gasteiger partial charge on any atom is 0.336 e. The van der Waals surface area contributed by atoms with E-state index in [2.05, 4.69) is 22.0 Å². The van der Waals surface area contributed by atoms with Gasteiger partial charge in [-0.2, -0.15) is 0 Å². The number of pyridine rings is 1. The van der Waals surface area contributed by atoms with Gasteiger partial charge >= 0.3 is 5.97 Å². The van der Waals surface area contributed by atoms with Gasteiger partial charge in [-0.3, -0.25) is 9.78 Å². The molecule has 0 aliphatic rings. The summed E-state index contributed by atoms with van der Waals surface area (Å²) in [7, 11) is 0. The molecule has 0 spiro atoms. The largest absolute Gasteiger partial charge is 0.478 e. The summed E-state index contributed by atoms with van der Waals surface area (Å²) < 4.78 is 1.78. The third kappa shape index (κ3) is 4.78. The molecule has 7 heteroatoms. The molecule has 0 saturated carbocycles. The lowest BCUT2D eigenvalue weighted by molar-refractivity contribution is 0.0697. The summed E-state index contributed by atoms with van der Waals surface area (Å²) in [5, 5.41) is 14.1. The minimum Gasteiger partial charge on any atom is -0.478 e. The number of hydrogen-bond donors (Lipinski definition) is 1. The van der Waals surface area contributed by atoms with E-state index in [1.165, 1.54) is 0 Å². The van der Waals surface area contributed by atoms with Gasteiger partial charge in [0.25, 0.3) is 0 Å². The van der Waals surface area contributed by atoms with Gasteiger partial charge in [-0.1, -0.05) is 67.9 Å². The fraction of sp³-hybridized carbons (Fsp3) is 0.222. The lowest BCUT2D eigenvalue weighted by atomic mass is 10.0. The van der Waals surface area contributed by atoms with Crippen LogP contribution in [0.25, 0.3) is 11.1 Å². The second-order valence-corrected chi connectivity index (χ2v) is 8.09. The Labute approximate surface area is 198 Å². The fourth-order valence-corrected chi connectivity index (χ4v) is 3.84. The SMILES string of the molecule is CCCCc1nc(C(=O)c2ccccc2)nn1C(C)c1ccc(-c2ccccc2C(=O)O)cn1. The van der Waals surface area contributed by atoms with E-state index >= 15 is 0 Å². The smallest absolute Gasteiger partial charge is 0.336 e. The van der Waals surface area contributed by atoms with Crippen molar-refractivity contribution >= 4 is 11.8 Å². The highest BCUT2D eigenvalue weighted by molar-refractivity contribution is 6.06. The van der Waals surface area contributed by atoms with Crippen molar-refractivity contribution in [1.29, 1.82) is 0 Å². The number of benzene rings is 2. The Kier molecular flexibility index (Phi) is 6.92. The highest BCUT2D eigenvalue weighted by atomic mass is 16.4. The van der Waals surface area contributed by atoms with E-state index in [0.717, 1.165) is 29.9 Å². The zero-order valence-electron chi connectivity index (χ0n) is 19.2. The van der Waals surface area contributed by atoms with Crippen LogP contribution in [0.15, 0.2) is 72.9 Å². The van der Waals surface area contributed by atoms with Crippen LogP contribution in [0.2, 0.25) is 0 Å². The Morgan fingerprint density at radius 2 is 1.74 bits per heavy atom. The summed E-state index contributed by atoms with van der Waals surface area (Å²) in [6.07, 6.45) is 4.31. The standard InChI is InChI=1S/C27H26N4O3/c1-3-4-14-24-29-26(25(32)19-10-6-5-7-11-19)30-31(24)18(2)23-16-15-20(17-28-23)21-12-8-9-13-22(21)27(33)34/h5-13,15-18H,3-4,14H2,1-2H3,(H,33,34). The van der Waals surface area contributed by atoms with Crippen LogP contribution in [0.1, 0.15) is 70.8 Å². The number of aryl methyl sites for hydroxylation is 1. The number of carboxylic acids is 1. The first-order chi connectivity index (χ1) is 16.5. The summed E-state index contributed by atoms with van der Waals surface area (Å²) in [5.41, 5.74) is 2.86. The van der Waals surface area contributed by atoms with Crippen LogP contribution in [-0.4, -0.2) is 36.6 Å². The van der Waals surface area contributed by atoms with Gasteiger partial charge in [0.15, 0.2) is 0 Å². The van der Waals surface area contributed by atoms with Crippen molar-refractivity contribution in [2.75, 3.05) is 0 Å². The first-order valence-corrected chi connectivity index (χ1v) is 11.3. The zero-order valence-corrected chi connectivity index (χ0v) is 19.2. The molecule has 4 aromatic rings. The number of carbonyl (C=O) groups is 2. The second kappa shape index (κ2) is 10.2. The van der Waals surface area contributed by atoms with E-state index < -0.39 is 5.97 Å². The molecule has 0 radical (unpaired) electrons. The molecule has 0 amide bonds. The van der Waals surface area contributed by atoms with Crippen molar-refractivity contribution in [3.63, 3.8) is 0 Å². The molecule has 0 saturated heterocycles. The number of aromatic nitrogens is 4. The second-order valence-electron chi connectivity index (χ2n) is 8.09. The molecule has 4 rings (SSSR count). The number of carboxylic acid groups (broad SMARTS) is 1. The minimum atomic E-state index is -0.980. The Morgan fingerprint density at radius 3 is 2.41 bits per heavy atom. The van der Waals surface area contributed by atoms with E-state index in [0.29, 0.717) is 17.5 Å². The van der Waals surface area contributed by atoms with Crippen LogP contribution in [0.4, 0.5) is 0 Å². The summed E-state index contributed by atoms with van der Waals surface area (Å²) in [4.78, 5) is 33.7. The van der Waals surface area contributed by atoms with Crippen LogP contribution in [0, 0.1) is 0 Å². The number of nitrogens with zero attached hydrogens (tertiary/aromatic N) is 4. The Hall–Kier alpha value is -4.13. The molecule has 0 aliphatic carbocycles. The molecule has 2 heterocycles. The lowest BCUT2D eigenvalue weighted by Crippen LogP contribution is -2.14. The Morgan fingerprint density at radius 1 is 1.00 bits per heavy atom. The number of ketones is 1. The van der Waals surface area contributed by atoms with E-state index in [1.54, 1.807) is 47.3 Å². The topological polar surface area (TPSA) is 98.0 Å². The van der Waals surface area contributed by atoms with Crippen molar-refractivity contribution in [3.8, 4) is 11.1 Å². The molecular formula is C27H26N4O3. The molecule has 7 nitrogen and oxygen atoms in total. The molecule has 172 valence electrons. The maximum absolute atomic E-state index is 12.9. The monoisotopic (exact) mass is 454 g/mol. The highest BCUT2D eigenvalue weighted by Crippen LogP contribution is 2.25. The summed E-state index contributed by atoms with van der Waals surface area (Å²) in [6.45, 7) is 4.07. The first-order valence-electron chi connectivity index (χ1n) is 11.3. The maximum atomic E-state index is 12.9. The number of rotatable bonds is 9. The molecule has 0 bridgehead atoms. The van der Waals surface area contributed by atoms with Gasteiger partial charge in [0.1, 0.15) is 5.82 Å². The van der Waals surface area contributed by atoms with E-state index in [4.69, 9.17) is 0 Å². The van der Waals surface area contributed by atoms with Gasteiger partial charge < -0.3 is 5.11 Å². The van der Waals surface area contributed by atoms with Crippen molar-refractivity contribution in [1.82, 2.24) is 19.7 Å². The van der Waals surface area contributed by atoms with Crippen molar-refractivity contribution in [2.24, 2.45) is 0 Å². The average Bonchev–Trinajstić information content (AvgIpc) is 3.31. The molecule has 34 heavy (non-hydrogen) atoms. The predicted octanol–water partition coefficient (Wildman–Crippen LogP) is 5.22.